The van der Waals surface area contributed by atoms with E-state index >= 15 is 0 Å². The lowest BCUT2D eigenvalue weighted by molar-refractivity contribution is 0.523. The average Bonchev–Trinajstić information content (AvgIpc) is 2.46. The van der Waals surface area contributed by atoms with Gasteiger partial charge in [-0.3, -0.25) is 0 Å². The van der Waals surface area contributed by atoms with Crippen LogP contribution in [-0.2, 0) is 6.54 Å². The minimum Gasteiger partial charge on any atom is -0.230 e. The topological polar surface area (TPSA) is 43.6 Å². The van der Waals surface area contributed by atoms with Crippen LogP contribution in [0.25, 0.3) is 0 Å². The van der Waals surface area contributed by atoms with Gasteiger partial charge in [-0.2, -0.15) is 0 Å². The predicted molar refractivity (Wildman–Crippen MR) is 46.4 cm³/mol. The first-order valence-electron chi connectivity index (χ1n) is 4.42. The van der Waals surface area contributed by atoms with Crippen molar-refractivity contribution in [1.29, 1.82) is 0 Å². The van der Waals surface area contributed by atoms with Crippen molar-refractivity contribution in [3.8, 4) is 0 Å². The molecule has 0 spiro atoms. The highest BCUT2D eigenvalue weighted by Crippen LogP contribution is 2.01. The number of tetrazole rings is 1. The molecule has 0 unspecified atom stereocenters. The zero-order chi connectivity index (χ0) is 8.81. The number of hydrogen-bond donors (Lipinski definition) is 0. The zero-order valence-corrected chi connectivity index (χ0v) is 7.53. The summed E-state index contributed by atoms with van der Waals surface area (Å²) in [5, 5.41) is 11.0. The fraction of sp³-hybridized carbons (Fsp3) is 0.750. The first kappa shape index (κ1) is 9.16. The van der Waals surface area contributed by atoms with E-state index in [4.69, 9.17) is 0 Å². The molecule has 0 saturated heterocycles. The van der Waals surface area contributed by atoms with Crippen LogP contribution in [0.3, 0.4) is 0 Å². The molecule has 0 amide bonds. The molecule has 0 aliphatic heterocycles. The van der Waals surface area contributed by atoms with Crippen molar-refractivity contribution < 1.29 is 0 Å². The van der Waals surface area contributed by atoms with Gasteiger partial charge in [0, 0.05) is 13.5 Å². The Balaban J connectivity index is 2.20. The van der Waals surface area contributed by atoms with Crippen LogP contribution in [0.2, 0.25) is 0 Å². The summed E-state index contributed by atoms with van der Waals surface area (Å²) < 4.78 is 1.75. The molecule has 1 heterocycles. The first-order chi connectivity index (χ1) is 5.84. The summed E-state index contributed by atoms with van der Waals surface area (Å²) in [6.45, 7) is 6.80. The van der Waals surface area contributed by atoms with Crippen LogP contribution in [0.5, 0.6) is 0 Å². The maximum atomic E-state index is 3.81. The van der Waals surface area contributed by atoms with E-state index in [9.17, 15) is 0 Å². The quantitative estimate of drug-likeness (QED) is 0.623. The average molecular weight is 167 g/mol. The van der Waals surface area contributed by atoms with Crippen LogP contribution in [0.4, 0.5) is 0 Å². The fourth-order valence-electron chi connectivity index (χ4n) is 1.09. The molecule has 67 valence electrons. The third-order valence-corrected chi connectivity index (χ3v) is 1.83. The summed E-state index contributed by atoms with van der Waals surface area (Å²) in [6.07, 6.45) is 4.93. The molecule has 1 rings (SSSR count). The SMILES string of the molecule is [CH2]c1nnnn1CCCCCC. The monoisotopic (exact) mass is 167 g/mol. The van der Waals surface area contributed by atoms with E-state index in [0.717, 1.165) is 13.0 Å². The van der Waals surface area contributed by atoms with Crippen molar-refractivity contribution in [2.75, 3.05) is 0 Å². The molecule has 0 N–H and O–H groups in total. The standard InChI is InChI=1S/C8H15N4/c1-3-4-5-6-7-12-8(2)9-10-11-12/h2-7H2,1H3. The van der Waals surface area contributed by atoms with Gasteiger partial charge in [-0.1, -0.05) is 26.2 Å². The second-order valence-electron chi connectivity index (χ2n) is 2.88. The molecule has 0 aliphatic rings. The van der Waals surface area contributed by atoms with Gasteiger partial charge in [0.15, 0.2) is 5.82 Å². The summed E-state index contributed by atoms with van der Waals surface area (Å²) in [4.78, 5) is 0. The molecule has 0 saturated carbocycles. The number of hydrogen-bond acceptors (Lipinski definition) is 3. The van der Waals surface area contributed by atoms with Gasteiger partial charge in [0.1, 0.15) is 0 Å². The lowest BCUT2D eigenvalue weighted by Crippen LogP contribution is -2.02. The summed E-state index contributed by atoms with van der Waals surface area (Å²) in [7, 11) is 0. The molecular formula is C8H15N4. The number of unbranched alkanes of at least 4 members (excludes halogenated alkanes) is 3. The van der Waals surface area contributed by atoms with E-state index in [2.05, 4.69) is 29.4 Å². The predicted octanol–water partition coefficient (Wildman–Crippen LogP) is 1.44. The highest BCUT2D eigenvalue weighted by atomic mass is 15.5. The molecule has 4 heteroatoms. The second kappa shape index (κ2) is 4.85. The lowest BCUT2D eigenvalue weighted by Gasteiger charge is -1.99. The molecule has 1 radical (unpaired) electrons. The van der Waals surface area contributed by atoms with Crippen molar-refractivity contribution in [2.24, 2.45) is 0 Å². The van der Waals surface area contributed by atoms with E-state index in [1.165, 1.54) is 19.3 Å². The van der Waals surface area contributed by atoms with E-state index in [0.29, 0.717) is 5.82 Å². The van der Waals surface area contributed by atoms with Crippen LogP contribution < -0.4 is 0 Å². The molecule has 4 nitrogen and oxygen atoms in total. The van der Waals surface area contributed by atoms with E-state index < -0.39 is 0 Å². The Labute approximate surface area is 73.0 Å². The van der Waals surface area contributed by atoms with Crippen molar-refractivity contribution in [2.45, 2.75) is 39.2 Å². The minimum absolute atomic E-state index is 0.659. The summed E-state index contributed by atoms with van der Waals surface area (Å²) in [6, 6.07) is 0. The minimum atomic E-state index is 0.659. The lowest BCUT2D eigenvalue weighted by atomic mass is 10.2. The van der Waals surface area contributed by atoms with Crippen molar-refractivity contribution in [3.05, 3.63) is 12.7 Å². The molecule has 0 aromatic carbocycles. The van der Waals surface area contributed by atoms with Gasteiger partial charge >= 0.3 is 0 Å². The van der Waals surface area contributed by atoms with Crippen LogP contribution in [0, 0.1) is 6.92 Å². The maximum Gasteiger partial charge on any atom is 0.151 e. The summed E-state index contributed by atoms with van der Waals surface area (Å²) in [5.41, 5.74) is 0. The van der Waals surface area contributed by atoms with Crippen molar-refractivity contribution in [1.82, 2.24) is 20.2 Å². The molecule has 1 aromatic heterocycles. The molecule has 0 atom stereocenters. The van der Waals surface area contributed by atoms with E-state index in [1.807, 2.05) is 0 Å². The third kappa shape index (κ3) is 2.60. The number of aryl methyl sites for hydroxylation is 1. The molecule has 0 aliphatic carbocycles. The Kier molecular flexibility index (Phi) is 3.70. The highest BCUT2D eigenvalue weighted by molar-refractivity contribution is 4.83. The summed E-state index contributed by atoms with van der Waals surface area (Å²) >= 11 is 0. The Hall–Kier alpha value is -0.930. The van der Waals surface area contributed by atoms with Crippen molar-refractivity contribution >= 4 is 0 Å². The number of rotatable bonds is 5. The van der Waals surface area contributed by atoms with Gasteiger partial charge in [-0.15, -0.1) is 5.10 Å². The molecule has 1 aromatic rings. The van der Waals surface area contributed by atoms with Gasteiger partial charge in [0.2, 0.25) is 0 Å². The summed E-state index contributed by atoms with van der Waals surface area (Å²) in [5.74, 6) is 0.659. The van der Waals surface area contributed by atoms with E-state index in [1.54, 1.807) is 4.68 Å². The Morgan fingerprint density at radius 3 is 2.75 bits per heavy atom. The largest absolute Gasteiger partial charge is 0.230 e. The molecule has 12 heavy (non-hydrogen) atoms. The molecule has 0 fully saturated rings. The van der Waals surface area contributed by atoms with Crippen molar-refractivity contribution in [3.63, 3.8) is 0 Å². The second-order valence-corrected chi connectivity index (χ2v) is 2.88. The van der Waals surface area contributed by atoms with Crippen LogP contribution in [0.1, 0.15) is 38.4 Å². The normalized spacial score (nSPS) is 10.5. The maximum absolute atomic E-state index is 3.81. The van der Waals surface area contributed by atoms with Crippen LogP contribution in [0.15, 0.2) is 0 Å². The van der Waals surface area contributed by atoms with Gasteiger partial charge in [-0.25, -0.2) is 4.68 Å². The fourth-order valence-corrected chi connectivity index (χ4v) is 1.09. The van der Waals surface area contributed by atoms with E-state index in [-0.39, 0.29) is 0 Å². The molecule has 0 bridgehead atoms. The third-order valence-electron chi connectivity index (χ3n) is 1.83. The van der Waals surface area contributed by atoms with Gasteiger partial charge < -0.3 is 0 Å². The Bertz CT molecular complexity index is 219. The Morgan fingerprint density at radius 1 is 1.33 bits per heavy atom. The first-order valence-corrected chi connectivity index (χ1v) is 4.42. The van der Waals surface area contributed by atoms with Crippen LogP contribution >= 0.6 is 0 Å². The van der Waals surface area contributed by atoms with Gasteiger partial charge in [-0.05, 0) is 16.8 Å². The molecular weight excluding hydrogens is 152 g/mol. The van der Waals surface area contributed by atoms with Gasteiger partial charge in [0.05, 0.1) is 0 Å². The smallest absolute Gasteiger partial charge is 0.151 e. The number of nitrogens with zero attached hydrogens (tertiary/aromatic N) is 4. The Morgan fingerprint density at radius 2 is 2.17 bits per heavy atom. The zero-order valence-electron chi connectivity index (χ0n) is 7.53. The van der Waals surface area contributed by atoms with Gasteiger partial charge in [0.25, 0.3) is 0 Å². The number of aromatic nitrogens is 4. The van der Waals surface area contributed by atoms with Crippen LogP contribution in [-0.4, -0.2) is 20.2 Å². The highest BCUT2D eigenvalue weighted by Gasteiger charge is 1.98.